The van der Waals surface area contributed by atoms with Gasteiger partial charge in [0, 0.05) is 34.2 Å². The van der Waals surface area contributed by atoms with Crippen molar-refractivity contribution in [3.05, 3.63) is 82.1 Å². The van der Waals surface area contributed by atoms with Gasteiger partial charge in [0.15, 0.2) is 11.4 Å². The molecule has 0 radical (unpaired) electrons. The van der Waals surface area contributed by atoms with Gasteiger partial charge in [-0.25, -0.2) is 0 Å². The number of ketones is 1. The van der Waals surface area contributed by atoms with Crippen molar-refractivity contribution >= 4 is 40.6 Å². The molecule has 1 amide bonds. The summed E-state index contributed by atoms with van der Waals surface area (Å²) < 4.78 is 1.86. The molecule has 2 N–H and O–H groups in total. The highest BCUT2D eigenvalue weighted by Crippen LogP contribution is 2.44. The molecule has 1 unspecified atom stereocenters. The minimum absolute atomic E-state index is 0.132. The fourth-order valence-corrected chi connectivity index (χ4v) is 3.93. The second-order valence-electron chi connectivity index (χ2n) is 6.37. The third-order valence-electron chi connectivity index (χ3n) is 4.58. The van der Waals surface area contributed by atoms with Crippen LogP contribution in [-0.2, 0) is 10.4 Å². The summed E-state index contributed by atoms with van der Waals surface area (Å²) in [5, 5.41) is 14.0. The molecule has 0 saturated carbocycles. The van der Waals surface area contributed by atoms with Gasteiger partial charge in [-0.2, -0.15) is 0 Å². The van der Waals surface area contributed by atoms with Gasteiger partial charge in [0.05, 0.1) is 17.1 Å². The number of fused-ring (bicyclic) bond motifs is 1. The number of Topliss-reactive ketones (excluding diaryl/α,β-unsaturated/α-hetero) is 1. The summed E-state index contributed by atoms with van der Waals surface area (Å²) in [6.45, 7) is 0. The first-order chi connectivity index (χ1) is 12.9. The fourth-order valence-electron chi connectivity index (χ4n) is 3.28. The Hall–Kier alpha value is -2.60. The molecule has 0 spiro atoms. The quantitative estimate of drug-likeness (QED) is 0.644. The number of amides is 1. The number of nitrogens with zero attached hydrogens (tertiary/aromatic N) is 1. The maximum Gasteiger partial charge on any atom is 0.261 e. The Labute approximate surface area is 165 Å². The molecule has 1 atom stereocenters. The number of hydrogen-bond donors (Lipinski definition) is 2. The molecule has 0 saturated heterocycles. The van der Waals surface area contributed by atoms with E-state index < -0.39 is 17.9 Å². The zero-order valence-electron chi connectivity index (χ0n) is 13.9. The van der Waals surface area contributed by atoms with Gasteiger partial charge < -0.3 is 15.0 Å². The van der Waals surface area contributed by atoms with E-state index in [1.54, 1.807) is 18.2 Å². The number of anilines is 1. The van der Waals surface area contributed by atoms with E-state index >= 15 is 0 Å². The molecular weight excluding hydrogens is 387 g/mol. The van der Waals surface area contributed by atoms with Crippen molar-refractivity contribution < 1.29 is 14.7 Å². The molecule has 7 heteroatoms. The third-order valence-corrected chi connectivity index (χ3v) is 5.10. The van der Waals surface area contributed by atoms with Gasteiger partial charge in [-0.1, -0.05) is 35.3 Å². The molecular formula is C20H14Cl2N2O3. The van der Waals surface area contributed by atoms with Gasteiger partial charge in [0.2, 0.25) is 0 Å². The Morgan fingerprint density at radius 1 is 1.11 bits per heavy atom. The predicted molar refractivity (Wildman–Crippen MR) is 104 cm³/mol. The van der Waals surface area contributed by atoms with Crippen molar-refractivity contribution in [2.75, 3.05) is 5.32 Å². The van der Waals surface area contributed by atoms with Gasteiger partial charge in [-0.15, -0.1) is 0 Å². The van der Waals surface area contributed by atoms with Crippen molar-refractivity contribution in [3.8, 4) is 5.69 Å². The molecule has 0 bridgehead atoms. The molecule has 2 aromatic carbocycles. The Balaban J connectivity index is 1.68. The zero-order chi connectivity index (χ0) is 19.2. The van der Waals surface area contributed by atoms with Crippen LogP contribution < -0.4 is 5.32 Å². The minimum atomic E-state index is -2.04. The number of carbonyl (C=O) groups is 2. The molecule has 1 aliphatic rings. The molecule has 5 nitrogen and oxygen atoms in total. The minimum Gasteiger partial charge on any atom is -0.375 e. The molecule has 4 rings (SSSR count). The topological polar surface area (TPSA) is 71.3 Å². The first-order valence-electron chi connectivity index (χ1n) is 8.18. The van der Waals surface area contributed by atoms with Gasteiger partial charge in [0.25, 0.3) is 5.91 Å². The van der Waals surface area contributed by atoms with Crippen molar-refractivity contribution in [2.24, 2.45) is 0 Å². The summed E-state index contributed by atoms with van der Waals surface area (Å²) in [4.78, 5) is 25.3. The lowest BCUT2D eigenvalue weighted by molar-refractivity contribution is -0.133. The summed E-state index contributed by atoms with van der Waals surface area (Å²) in [6.07, 6.45) is 3.30. The van der Waals surface area contributed by atoms with E-state index in [1.807, 2.05) is 35.2 Å². The lowest BCUT2D eigenvalue weighted by atomic mass is 9.88. The second-order valence-corrected chi connectivity index (χ2v) is 7.21. The Morgan fingerprint density at radius 3 is 2.59 bits per heavy atom. The predicted octanol–water partition coefficient (Wildman–Crippen LogP) is 4.20. The van der Waals surface area contributed by atoms with Gasteiger partial charge in [0.1, 0.15) is 0 Å². The zero-order valence-corrected chi connectivity index (χ0v) is 15.5. The monoisotopic (exact) mass is 400 g/mol. The van der Waals surface area contributed by atoms with E-state index in [-0.39, 0.29) is 16.4 Å². The van der Waals surface area contributed by atoms with E-state index in [4.69, 9.17) is 23.2 Å². The number of halogens is 2. The average molecular weight is 401 g/mol. The number of nitrogens with one attached hydrogen (secondary N) is 1. The van der Waals surface area contributed by atoms with Crippen LogP contribution in [0.2, 0.25) is 10.0 Å². The maximum atomic E-state index is 12.8. The standard InChI is InChI=1S/C20H14Cl2N2O3/c21-13-9-15(22)18-16(10-13)23-19(26)20(18,27)11-17(25)12-4-3-5-14(8-12)24-6-1-2-7-24/h1-10,27H,11H2,(H,23,26). The number of benzene rings is 2. The van der Waals surface area contributed by atoms with Crippen molar-refractivity contribution in [1.29, 1.82) is 0 Å². The Morgan fingerprint density at radius 2 is 1.85 bits per heavy atom. The van der Waals surface area contributed by atoms with Crippen molar-refractivity contribution in [3.63, 3.8) is 0 Å². The van der Waals surface area contributed by atoms with Crippen LogP contribution in [0.15, 0.2) is 60.9 Å². The summed E-state index contributed by atoms with van der Waals surface area (Å²) in [5.74, 6) is -1.07. The molecule has 0 aliphatic carbocycles. The molecule has 0 fully saturated rings. The second kappa shape index (κ2) is 6.53. The first-order valence-corrected chi connectivity index (χ1v) is 8.94. The van der Waals surface area contributed by atoms with Crippen LogP contribution in [0.1, 0.15) is 22.3 Å². The highest BCUT2D eigenvalue weighted by Gasteiger charge is 2.48. The normalized spacial score (nSPS) is 18.3. The highest BCUT2D eigenvalue weighted by atomic mass is 35.5. The molecule has 1 aromatic heterocycles. The number of carbonyl (C=O) groups excluding carboxylic acids is 2. The van der Waals surface area contributed by atoms with E-state index in [1.165, 1.54) is 12.1 Å². The van der Waals surface area contributed by atoms with E-state index in [2.05, 4.69) is 5.32 Å². The van der Waals surface area contributed by atoms with Gasteiger partial charge in [-0.05, 0) is 36.4 Å². The SMILES string of the molecule is O=C(CC1(O)C(=O)Nc2cc(Cl)cc(Cl)c21)c1cccc(-n2cccc2)c1. The fraction of sp³-hybridized carbons (Fsp3) is 0.100. The smallest absolute Gasteiger partial charge is 0.261 e. The molecule has 2 heterocycles. The lowest BCUT2D eigenvalue weighted by Crippen LogP contribution is -2.36. The van der Waals surface area contributed by atoms with Gasteiger partial charge in [-0.3, -0.25) is 9.59 Å². The van der Waals surface area contributed by atoms with Crippen molar-refractivity contribution in [2.45, 2.75) is 12.0 Å². The number of hydrogen-bond acceptors (Lipinski definition) is 3. The Kier molecular flexibility index (Phi) is 4.30. The van der Waals surface area contributed by atoms with Crippen molar-refractivity contribution in [1.82, 2.24) is 4.57 Å². The average Bonchev–Trinajstić information content (AvgIpc) is 3.22. The largest absolute Gasteiger partial charge is 0.375 e. The van der Waals surface area contributed by atoms with Gasteiger partial charge >= 0.3 is 0 Å². The van der Waals surface area contributed by atoms with Crippen LogP contribution in [0.5, 0.6) is 0 Å². The molecule has 136 valence electrons. The Bertz CT molecular complexity index is 1060. The molecule has 1 aliphatic heterocycles. The summed E-state index contributed by atoms with van der Waals surface area (Å²) >= 11 is 12.1. The summed E-state index contributed by atoms with van der Waals surface area (Å²) in [7, 11) is 0. The van der Waals surface area contributed by atoms with Crippen LogP contribution in [0.4, 0.5) is 5.69 Å². The summed E-state index contributed by atoms with van der Waals surface area (Å²) in [5.41, 5.74) is -0.361. The third kappa shape index (κ3) is 3.04. The lowest BCUT2D eigenvalue weighted by Gasteiger charge is -2.21. The van der Waals surface area contributed by atoms with Crippen LogP contribution >= 0.6 is 23.2 Å². The van der Waals surface area contributed by atoms with Crippen LogP contribution in [0.3, 0.4) is 0 Å². The van der Waals surface area contributed by atoms with E-state index in [9.17, 15) is 14.7 Å². The van der Waals surface area contributed by atoms with Crippen LogP contribution in [0.25, 0.3) is 5.69 Å². The molecule has 3 aromatic rings. The number of aliphatic hydroxyl groups is 1. The highest BCUT2D eigenvalue weighted by molar-refractivity contribution is 6.36. The first kappa shape index (κ1) is 17.8. The summed E-state index contributed by atoms with van der Waals surface area (Å²) in [6, 6.07) is 13.7. The van der Waals surface area contributed by atoms with Crippen LogP contribution in [0, 0.1) is 0 Å². The molecule has 27 heavy (non-hydrogen) atoms. The van der Waals surface area contributed by atoms with E-state index in [0.717, 1.165) is 5.69 Å². The number of rotatable bonds is 4. The number of aromatic nitrogens is 1. The maximum absolute atomic E-state index is 12.8. The van der Waals surface area contributed by atoms with E-state index in [0.29, 0.717) is 16.3 Å². The van der Waals surface area contributed by atoms with Crippen LogP contribution in [-0.4, -0.2) is 21.4 Å².